The molecule has 1 aromatic heterocycles. The Hall–Kier alpha value is -1.48. The summed E-state index contributed by atoms with van der Waals surface area (Å²) >= 11 is 6.12. The van der Waals surface area contributed by atoms with Crippen molar-refractivity contribution in [2.75, 3.05) is 7.11 Å². The largest absolute Gasteiger partial charge is 0.464 e. The van der Waals surface area contributed by atoms with Crippen LogP contribution in [0.4, 0.5) is 0 Å². The fraction of sp³-hybridized carbons (Fsp3) is 0.250. The Bertz CT molecular complexity index is 572. The third-order valence-corrected chi connectivity index (χ3v) is 3.10. The van der Waals surface area contributed by atoms with E-state index in [-0.39, 0.29) is 5.97 Å². The van der Waals surface area contributed by atoms with Crippen molar-refractivity contribution in [3.05, 3.63) is 34.5 Å². The summed E-state index contributed by atoms with van der Waals surface area (Å²) in [6.07, 6.45) is 0. The Kier molecular flexibility index (Phi) is 2.64. The number of ether oxygens (including phenoxy) is 1. The second kappa shape index (κ2) is 3.83. The van der Waals surface area contributed by atoms with Gasteiger partial charge in [0, 0.05) is 12.4 Å². The third-order valence-electron chi connectivity index (χ3n) is 2.80. The van der Waals surface area contributed by atoms with Gasteiger partial charge >= 0.3 is 5.97 Å². The van der Waals surface area contributed by atoms with Gasteiger partial charge in [0.15, 0.2) is 0 Å². The van der Waals surface area contributed by atoms with Gasteiger partial charge in [-0.2, -0.15) is 0 Å². The van der Waals surface area contributed by atoms with E-state index in [9.17, 15) is 4.79 Å². The summed E-state index contributed by atoms with van der Waals surface area (Å²) in [5.41, 5.74) is 2.31. The minimum atomic E-state index is -0.340. The van der Waals surface area contributed by atoms with E-state index in [1.54, 1.807) is 4.57 Å². The SMILES string of the molecule is COC(=O)c1c(C)c2cccc(Cl)c2n1C. The van der Waals surface area contributed by atoms with E-state index in [1.165, 1.54) is 7.11 Å². The molecular formula is C12H12ClNO2. The first-order valence-electron chi connectivity index (χ1n) is 4.89. The molecule has 0 aliphatic rings. The summed E-state index contributed by atoms with van der Waals surface area (Å²) in [6, 6.07) is 5.63. The van der Waals surface area contributed by atoms with Crippen LogP contribution in [0.15, 0.2) is 18.2 Å². The van der Waals surface area contributed by atoms with E-state index in [4.69, 9.17) is 16.3 Å². The molecule has 0 bridgehead atoms. The molecule has 84 valence electrons. The lowest BCUT2D eigenvalue weighted by molar-refractivity contribution is 0.0589. The molecule has 1 heterocycles. The van der Waals surface area contributed by atoms with Gasteiger partial charge in [0.05, 0.1) is 17.6 Å². The summed E-state index contributed by atoms with van der Waals surface area (Å²) < 4.78 is 6.54. The minimum absolute atomic E-state index is 0.340. The topological polar surface area (TPSA) is 31.2 Å². The first-order valence-corrected chi connectivity index (χ1v) is 5.27. The summed E-state index contributed by atoms with van der Waals surface area (Å²) in [5, 5.41) is 1.62. The van der Waals surface area contributed by atoms with E-state index in [0.717, 1.165) is 16.5 Å². The number of methoxy groups -OCH3 is 1. The average molecular weight is 238 g/mol. The number of para-hydroxylation sites is 1. The van der Waals surface area contributed by atoms with E-state index in [2.05, 4.69) is 0 Å². The smallest absolute Gasteiger partial charge is 0.354 e. The molecule has 0 unspecified atom stereocenters. The first-order chi connectivity index (χ1) is 7.57. The van der Waals surface area contributed by atoms with Crippen molar-refractivity contribution < 1.29 is 9.53 Å². The van der Waals surface area contributed by atoms with E-state index >= 15 is 0 Å². The zero-order chi connectivity index (χ0) is 11.9. The molecule has 0 radical (unpaired) electrons. The van der Waals surface area contributed by atoms with Crippen molar-refractivity contribution in [3.8, 4) is 0 Å². The molecule has 0 spiro atoms. The highest BCUT2D eigenvalue weighted by Gasteiger charge is 2.19. The van der Waals surface area contributed by atoms with Crippen LogP contribution in [-0.4, -0.2) is 17.6 Å². The molecular weight excluding hydrogens is 226 g/mol. The maximum Gasteiger partial charge on any atom is 0.354 e. The number of rotatable bonds is 1. The highest BCUT2D eigenvalue weighted by Crippen LogP contribution is 2.30. The average Bonchev–Trinajstić information content (AvgIpc) is 2.52. The van der Waals surface area contributed by atoms with Crippen LogP contribution in [0, 0.1) is 6.92 Å². The number of carbonyl (C=O) groups excluding carboxylic acids is 1. The van der Waals surface area contributed by atoms with Crippen LogP contribution >= 0.6 is 11.6 Å². The molecule has 4 heteroatoms. The maximum absolute atomic E-state index is 11.6. The summed E-state index contributed by atoms with van der Waals surface area (Å²) in [5.74, 6) is -0.340. The van der Waals surface area contributed by atoms with Crippen molar-refractivity contribution in [1.82, 2.24) is 4.57 Å². The second-order valence-electron chi connectivity index (χ2n) is 3.66. The quantitative estimate of drug-likeness (QED) is 0.714. The minimum Gasteiger partial charge on any atom is -0.464 e. The first kappa shape index (κ1) is 11.0. The Morgan fingerprint density at radius 1 is 1.44 bits per heavy atom. The van der Waals surface area contributed by atoms with Crippen LogP contribution in [0.1, 0.15) is 16.1 Å². The number of aromatic nitrogens is 1. The molecule has 3 nitrogen and oxygen atoms in total. The summed E-state index contributed by atoms with van der Waals surface area (Å²) in [6.45, 7) is 1.89. The van der Waals surface area contributed by atoms with Crippen LogP contribution in [-0.2, 0) is 11.8 Å². The zero-order valence-electron chi connectivity index (χ0n) is 9.37. The Balaban J connectivity index is 2.87. The highest BCUT2D eigenvalue weighted by molar-refractivity contribution is 6.35. The molecule has 0 amide bonds. The van der Waals surface area contributed by atoms with Gasteiger partial charge < -0.3 is 9.30 Å². The number of hydrogen-bond donors (Lipinski definition) is 0. The molecule has 0 N–H and O–H groups in total. The highest BCUT2D eigenvalue weighted by atomic mass is 35.5. The molecule has 0 saturated heterocycles. The van der Waals surface area contributed by atoms with Crippen molar-refractivity contribution in [3.63, 3.8) is 0 Å². The van der Waals surface area contributed by atoms with E-state index in [0.29, 0.717) is 10.7 Å². The third kappa shape index (κ3) is 1.39. The monoisotopic (exact) mass is 237 g/mol. The number of esters is 1. The van der Waals surface area contributed by atoms with E-state index in [1.807, 2.05) is 32.2 Å². The number of carbonyl (C=O) groups is 1. The molecule has 1 aromatic carbocycles. The fourth-order valence-corrected chi connectivity index (χ4v) is 2.34. The lowest BCUT2D eigenvalue weighted by Gasteiger charge is -2.03. The molecule has 0 atom stereocenters. The van der Waals surface area contributed by atoms with Gasteiger partial charge in [-0.25, -0.2) is 4.79 Å². The normalized spacial score (nSPS) is 10.8. The Morgan fingerprint density at radius 3 is 2.69 bits per heavy atom. The number of fused-ring (bicyclic) bond motifs is 1. The molecule has 0 aliphatic heterocycles. The maximum atomic E-state index is 11.6. The van der Waals surface area contributed by atoms with Crippen molar-refractivity contribution >= 4 is 28.5 Å². The van der Waals surface area contributed by atoms with Gasteiger partial charge in [-0.05, 0) is 18.6 Å². The van der Waals surface area contributed by atoms with Crippen LogP contribution in [0.3, 0.4) is 0 Å². The second-order valence-corrected chi connectivity index (χ2v) is 4.07. The predicted octanol–water partition coefficient (Wildman–Crippen LogP) is 2.93. The molecule has 2 aromatic rings. The zero-order valence-corrected chi connectivity index (χ0v) is 10.1. The van der Waals surface area contributed by atoms with E-state index < -0.39 is 0 Å². The van der Waals surface area contributed by atoms with Crippen LogP contribution < -0.4 is 0 Å². The number of benzene rings is 1. The van der Waals surface area contributed by atoms with Gasteiger partial charge in [0.25, 0.3) is 0 Å². The van der Waals surface area contributed by atoms with Gasteiger partial charge in [-0.3, -0.25) is 0 Å². The Morgan fingerprint density at radius 2 is 2.12 bits per heavy atom. The standard InChI is InChI=1S/C12H12ClNO2/c1-7-8-5-4-6-9(13)11(8)14(2)10(7)12(15)16-3/h4-6H,1-3H3. The lowest BCUT2D eigenvalue weighted by Crippen LogP contribution is -2.08. The summed E-state index contributed by atoms with van der Waals surface area (Å²) in [4.78, 5) is 11.6. The van der Waals surface area contributed by atoms with Gasteiger partial charge in [-0.1, -0.05) is 23.7 Å². The van der Waals surface area contributed by atoms with Crippen molar-refractivity contribution in [2.45, 2.75) is 6.92 Å². The van der Waals surface area contributed by atoms with Gasteiger partial charge in [-0.15, -0.1) is 0 Å². The van der Waals surface area contributed by atoms with Gasteiger partial charge in [0.1, 0.15) is 5.69 Å². The Labute approximate surface area is 98.6 Å². The van der Waals surface area contributed by atoms with Crippen molar-refractivity contribution in [2.24, 2.45) is 7.05 Å². The predicted molar refractivity (Wildman–Crippen MR) is 64.0 cm³/mol. The molecule has 2 rings (SSSR count). The van der Waals surface area contributed by atoms with Crippen molar-refractivity contribution in [1.29, 1.82) is 0 Å². The number of hydrogen-bond acceptors (Lipinski definition) is 2. The van der Waals surface area contributed by atoms with Crippen LogP contribution in [0.25, 0.3) is 10.9 Å². The molecule has 0 saturated carbocycles. The summed E-state index contributed by atoms with van der Waals surface area (Å²) in [7, 11) is 3.19. The molecule has 0 aliphatic carbocycles. The molecule has 0 fully saturated rings. The number of aryl methyl sites for hydroxylation is 2. The van der Waals surface area contributed by atoms with Crippen LogP contribution in [0.2, 0.25) is 5.02 Å². The lowest BCUT2D eigenvalue weighted by atomic mass is 10.1. The van der Waals surface area contributed by atoms with Gasteiger partial charge in [0.2, 0.25) is 0 Å². The fourth-order valence-electron chi connectivity index (χ4n) is 2.04. The van der Waals surface area contributed by atoms with Crippen LogP contribution in [0.5, 0.6) is 0 Å². The molecule has 16 heavy (non-hydrogen) atoms. The number of nitrogens with zero attached hydrogens (tertiary/aromatic N) is 1. The number of halogens is 1.